The lowest BCUT2D eigenvalue weighted by atomic mass is 10.00. The van der Waals surface area contributed by atoms with E-state index in [4.69, 9.17) is 46.4 Å². The molecule has 0 amide bonds. The molecule has 2 rings (SSSR count). The lowest BCUT2D eigenvalue weighted by molar-refractivity contribution is 0.314. The second-order valence-corrected chi connectivity index (χ2v) is 5.83. The fourth-order valence-electron chi connectivity index (χ4n) is 1.82. The first-order valence-corrected chi connectivity index (χ1v) is 7.34. The SMILES string of the molecule is O/N=C(/C(=N/O)c1cc(Cl)ccc1Cl)c1cc(Cl)ccc1Cl. The first-order valence-electron chi connectivity index (χ1n) is 5.83. The number of hydrogen-bond acceptors (Lipinski definition) is 4. The highest BCUT2D eigenvalue weighted by atomic mass is 35.5. The average molecular weight is 378 g/mol. The number of hydrogen-bond donors (Lipinski definition) is 2. The van der Waals surface area contributed by atoms with Crippen LogP contribution in [0.25, 0.3) is 0 Å². The molecule has 0 aromatic heterocycles. The van der Waals surface area contributed by atoms with Gasteiger partial charge in [0.1, 0.15) is 11.4 Å². The van der Waals surface area contributed by atoms with Crippen LogP contribution in [0.15, 0.2) is 46.7 Å². The molecule has 0 saturated carbocycles. The van der Waals surface area contributed by atoms with Gasteiger partial charge in [-0.25, -0.2) is 0 Å². The van der Waals surface area contributed by atoms with E-state index in [0.29, 0.717) is 10.0 Å². The summed E-state index contributed by atoms with van der Waals surface area (Å²) < 4.78 is 0. The third-order valence-electron chi connectivity index (χ3n) is 2.79. The Bertz CT molecular complexity index is 710. The van der Waals surface area contributed by atoms with Gasteiger partial charge < -0.3 is 10.4 Å². The van der Waals surface area contributed by atoms with E-state index in [-0.39, 0.29) is 32.6 Å². The van der Waals surface area contributed by atoms with Gasteiger partial charge in [-0.05, 0) is 36.4 Å². The molecule has 0 aliphatic carbocycles. The molecule has 22 heavy (non-hydrogen) atoms. The van der Waals surface area contributed by atoms with E-state index in [1.54, 1.807) is 12.1 Å². The molecule has 0 radical (unpaired) electrons. The smallest absolute Gasteiger partial charge is 0.141 e. The molecule has 0 saturated heterocycles. The molecule has 0 spiro atoms. The van der Waals surface area contributed by atoms with Crippen molar-refractivity contribution in [1.82, 2.24) is 0 Å². The van der Waals surface area contributed by atoms with Gasteiger partial charge in [0.15, 0.2) is 0 Å². The normalized spacial score (nSPS) is 12.5. The van der Waals surface area contributed by atoms with Crippen molar-refractivity contribution in [2.45, 2.75) is 0 Å². The van der Waals surface area contributed by atoms with Crippen molar-refractivity contribution in [1.29, 1.82) is 0 Å². The van der Waals surface area contributed by atoms with E-state index in [0.717, 1.165) is 0 Å². The molecule has 0 fully saturated rings. The largest absolute Gasteiger partial charge is 0.410 e. The van der Waals surface area contributed by atoms with Crippen molar-refractivity contribution in [3.05, 3.63) is 67.6 Å². The Morgan fingerprint density at radius 2 is 1.05 bits per heavy atom. The van der Waals surface area contributed by atoms with Crippen LogP contribution in [0.2, 0.25) is 20.1 Å². The Morgan fingerprint density at radius 1 is 0.682 bits per heavy atom. The van der Waals surface area contributed by atoms with Crippen LogP contribution < -0.4 is 0 Å². The minimum Gasteiger partial charge on any atom is -0.410 e. The van der Waals surface area contributed by atoms with Gasteiger partial charge in [0.05, 0.1) is 10.0 Å². The van der Waals surface area contributed by atoms with Gasteiger partial charge in [-0.3, -0.25) is 0 Å². The zero-order valence-corrected chi connectivity index (χ0v) is 13.8. The molecule has 0 aliphatic heterocycles. The van der Waals surface area contributed by atoms with Crippen LogP contribution in [-0.2, 0) is 0 Å². The third-order valence-corrected chi connectivity index (χ3v) is 3.92. The molecule has 0 aliphatic rings. The van der Waals surface area contributed by atoms with Gasteiger partial charge in [0.2, 0.25) is 0 Å². The summed E-state index contributed by atoms with van der Waals surface area (Å²) in [6.07, 6.45) is 0. The first-order chi connectivity index (χ1) is 10.5. The molecule has 2 N–H and O–H groups in total. The highest BCUT2D eigenvalue weighted by molar-refractivity contribution is 6.57. The Balaban J connectivity index is 2.63. The second kappa shape index (κ2) is 7.20. The van der Waals surface area contributed by atoms with Crippen LogP contribution in [0.5, 0.6) is 0 Å². The second-order valence-electron chi connectivity index (χ2n) is 4.15. The van der Waals surface area contributed by atoms with Crippen LogP contribution in [0.4, 0.5) is 0 Å². The molecular formula is C14H8Cl4N2O2. The van der Waals surface area contributed by atoms with Crippen LogP contribution >= 0.6 is 46.4 Å². The van der Waals surface area contributed by atoms with Gasteiger partial charge >= 0.3 is 0 Å². The molecular weight excluding hydrogens is 370 g/mol. The Morgan fingerprint density at radius 3 is 1.36 bits per heavy atom. The molecule has 0 atom stereocenters. The van der Waals surface area contributed by atoms with E-state index < -0.39 is 0 Å². The zero-order valence-electron chi connectivity index (χ0n) is 10.8. The fourth-order valence-corrected chi connectivity index (χ4v) is 2.57. The summed E-state index contributed by atoms with van der Waals surface area (Å²) >= 11 is 24.0. The molecule has 2 aromatic carbocycles. The summed E-state index contributed by atoms with van der Waals surface area (Å²) in [5.41, 5.74) is 0.361. The topological polar surface area (TPSA) is 65.2 Å². The molecule has 8 heteroatoms. The van der Waals surface area contributed by atoms with Crippen LogP contribution in [0, 0.1) is 0 Å². The summed E-state index contributed by atoms with van der Waals surface area (Å²) in [5, 5.41) is 26.3. The third kappa shape index (κ3) is 3.47. The van der Waals surface area contributed by atoms with Gasteiger partial charge in [-0.15, -0.1) is 0 Å². The van der Waals surface area contributed by atoms with Crippen molar-refractivity contribution in [2.24, 2.45) is 10.3 Å². The maximum absolute atomic E-state index is 9.34. The lowest BCUT2D eigenvalue weighted by Gasteiger charge is -2.11. The number of halogens is 4. The van der Waals surface area contributed by atoms with Gasteiger partial charge in [-0.2, -0.15) is 0 Å². The number of benzene rings is 2. The summed E-state index contributed by atoms with van der Waals surface area (Å²) in [6, 6.07) is 9.15. The lowest BCUT2D eigenvalue weighted by Crippen LogP contribution is -2.18. The highest BCUT2D eigenvalue weighted by Gasteiger charge is 2.21. The standard InChI is InChI=1S/C14H8Cl4N2O2/c15-7-1-3-11(17)9(5-7)13(19-21)14(20-22)10-6-8(16)2-4-12(10)18/h1-6,21-22H/b19-13+,20-14+. The zero-order chi connectivity index (χ0) is 16.3. The summed E-state index contributed by atoms with van der Waals surface area (Å²) in [5.74, 6) is 0. The van der Waals surface area contributed by atoms with E-state index in [2.05, 4.69) is 10.3 Å². The Kier molecular flexibility index (Phi) is 5.53. The summed E-state index contributed by atoms with van der Waals surface area (Å²) in [7, 11) is 0. The molecule has 2 aromatic rings. The van der Waals surface area contributed by atoms with Crippen LogP contribution in [0.3, 0.4) is 0 Å². The highest BCUT2D eigenvalue weighted by Crippen LogP contribution is 2.26. The fraction of sp³-hybridized carbons (Fsp3) is 0. The van der Waals surface area contributed by atoms with Crippen molar-refractivity contribution in [3.63, 3.8) is 0 Å². The van der Waals surface area contributed by atoms with Crippen LogP contribution in [-0.4, -0.2) is 21.8 Å². The van der Waals surface area contributed by atoms with Gasteiger partial charge in [0.25, 0.3) is 0 Å². The first kappa shape index (κ1) is 16.9. The summed E-state index contributed by atoms with van der Waals surface area (Å²) in [4.78, 5) is 0. The quantitative estimate of drug-likeness (QED) is 0.429. The minimum atomic E-state index is -0.0980. The molecule has 114 valence electrons. The average Bonchev–Trinajstić information content (AvgIpc) is 2.50. The van der Waals surface area contributed by atoms with Gasteiger partial charge in [-0.1, -0.05) is 56.7 Å². The molecule has 4 nitrogen and oxygen atoms in total. The molecule has 0 unspecified atom stereocenters. The monoisotopic (exact) mass is 376 g/mol. The van der Waals surface area contributed by atoms with Crippen molar-refractivity contribution in [3.8, 4) is 0 Å². The van der Waals surface area contributed by atoms with Crippen molar-refractivity contribution < 1.29 is 10.4 Å². The van der Waals surface area contributed by atoms with E-state index >= 15 is 0 Å². The van der Waals surface area contributed by atoms with E-state index in [9.17, 15) is 10.4 Å². The van der Waals surface area contributed by atoms with Crippen LogP contribution in [0.1, 0.15) is 11.1 Å². The maximum Gasteiger partial charge on any atom is 0.141 e. The van der Waals surface area contributed by atoms with Crippen molar-refractivity contribution >= 4 is 57.8 Å². The van der Waals surface area contributed by atoms with Crippen molar-refractivity contribution in [2.75, 3.05) is 0 Å². The van der Waals surface area contributed by atoms with E-state index in [1.807, 2.05) is 0 Å². The Labute approximate surface area is 146 Å². The summed E-state index contributed by atoms with van der Waals surface area (Å²) in [6.45, 7) is 0. The predicted molar refractivity (Wildman–Crippen MR) is 89.6 cm³/mol. The molecule has 0 bridgehead atoms. The number of nitrogens with zero attached hydrogens (tertiary/aromatic N) is 2. The predicted octanol–water partition coefficient (Wildman–Crippen LogP) is 5.36. The molecule has 0 heterocycles. The minimum absolute atomic E-state index is 0.0980. The maximum atomic E-state index is 9.34. The van der Waals surface area contributed by atoms with Gasteiger partial charge in [0, 0.05) is 21.2 Å². The van der Waals surface area contributed by atoms with E-state index in [1.165, 1.54) is 24.3 Å². The number of rotatable bonds is 3. The number of oxime groups is 2. The Hall–Kier alpha value is -1.46.